The molecule has 0 bridgehead atoms. The Balaban J connectivity index is 2.17. The van der Waals surface area contributed by atoms with Gasteiger partial charge in [-0.1, -0.05) is 0 Å². The molecule has 0 aromatic carbocycles. The van der Waals surface area contributed by atoms with Crippen LogP contribution in [0.5, 0.6) is 5.75 Å². The third kappa shape index (κ3) is 1.71. The Bertz CT molecular complexity index is 355. The fourth-order valence-corrected chi connectivity index (χ4v) is 1.24. The van der Waals surface area contributed by atoms with E-state index in [-0.39, 0.29) is 5.56 Å². The minimum atomic E-state index is -0.208. The number of rotatable bonds is 2. The predicted molar refractivity (Wildman–Crippen MR) is 47.9 cm³/mol. The largest absolute Gasteiger partial charge is 0.488 e. The van der Waals surface area contributed by atoms with Crippen molar-refractivity contribution in [1.29, 1.82) is 0 Å². The molecule has 70 valence electrons. The lowest BCUT2D eigenvalue weighted by molar-refractivity contribution is 0.118. The van der Waals surface area contributed by atoms with Crippen molar-refractivity contribution in [3.8, 4) is 5.75 Å². The van der Waals surface area contributed by atoms with Crippen molar-refractivity contribution in [3.05, 3.63) is 22.1 Å². The number of nitrogens with zero attached hydrogens (tertiary/aromatic N) is 1. The molecular formula is C9H12N2O2. The number of nitrogens with one attached hydrogen (secondary N) is 1. The molecule has 1 fully saturated rings. The monoisotopic (exact) mass is 180 g/mol. The Morgan fingerprint density at radius 3 is 3.00 bits per heavy atom. The van der Waals surface area contributed by atoms with Gasteiger partial charge in [-0.3, -0.25) is 4.79 Å². The number of aryl methyl sites for hydroxylation is 1. The summed E-state index contributed by atoms with van der Waals surface area (Å²) >= 11 is 0. The van der Waals surface area contributed by atoms with Crippen LogP contribution in [0.3, 0.4) is 0 Å². The standard InChI is InChI=1S/C9H12N2O2/c1-6-8(5-9(12)11-10-6)13-7-3-2-4-7/h5,7H,2-4H2,1H3,(H,11,12). The molecule has 1 aliphatic rings. The second-order valence-electron chi connectivity index (χ2n) is 3.35. The molecule has 0 amide bonds. The van der Waals surface area contributed by atoms with Crippen LogP contribution in [-0.2, 0) is 0 Å². The van der Waals surface area contributed by atoms with Crippen molar-refractivity contribution in [2.75, 3.05) is 0 Å². The van der Waals surface area contributed by atoms with Gasteiger partial charge in [0.25, 0.3) is 5.56 Å². The number of aromatic amines is 1. The zero-order chi connectivity index (χ0) is 9.26. The summed E-state index contributed by atoms with van der Waals surface area (Å²) in [5.74, 6) is 0.619. The molecule has 0 spiro atoms. The maximum absolute atomic E-state index is 10.9. The highest BCUT2D eigenvalue weighted by Gasteiger charge is 2.20. The maximum Gasteiger partial charge on any atom is 0.267 e. The molecule has 0 radical (unpaired) electrons. The first-order valence-electron chi connectivity index (χ1n) is 4.49. The summed E-state index contributed by atoms with van der Waals surface area (Å²) < 4.78 is 5.58. The van der Waals surface area contributed by atoms with Gasteiger partial charge in [0, 0.05) is 6.07 Å². The van der Waals surface area contributed by atoms with Crippen LogP contribution >= 0.6 is 0 Å². The Morgan fingerprint density at radius 2 is 2.38 bits per heavy atom. The molecule has 2 rings (SSSR count). The van der Waals surface area contributed by atoms with E-state index in [1.165, 1.54) is 12.5 Å². The van der Waals surface area contributed by atoms with Gasteiger partial charge in [-0.2, -0.15) is 5.10 Å². The van der Waals surface area contributed by atoms with Gasteiger partial charge in [-0.15, -0.1) is 0 Å². The van der Waals surface area contributed by atoms with Crippen molar-refractivity contribution < 1.29 is 4.74 Å². The lowest BCUT2D eigenvalue weighted by Crippen LogP contribution is -2.26. The van der Waals surface area contributed by atoms with E-state index in [4.69, 9.17) is 4.74 Å². The van der Waals surface area contributed by atoms with Crippen molar-refractivity contribution in [2.45, 2.75) is 32.3 Å². The fraction of sp³-hybridized carbons (Fsp3) is 0.556. The third-order valence-corrected chi connectivity index (χ3v) is 2.30. The Morgan fingerprint density at radius 1 is 1.62 bits per heavy atom. The second kappa shape index (κ2) is 3.20. The molecule has 4 heteroatoms. The molecule has 1 N–H and O–H groups in total. The van der Waals surface area contributed by atoms with Crippen LogP contribution in [0.25, 0.3) is 0 Å². The lowest BCUT2D eigenvalue weighted by Gasteiger charge is -2.26. The van der Waals surface area contributed by atoms with Crippen molar-refractivity contribution in [3.63, 3.8) is 0 Å². The molecule has 0 saturated heterocycles. The molecule has 1 aromatic rings. The average molecular weight is 180 g/mol. The van der Waals surface area contributed by atoms with E-state index in [2.05, 4.69) is 10.2 Å². The highest BCUT2D eigenvalue weighted by Crippen LogP contribution is 2.25. The number of aromatic nitrogens is 2. The number of hydrogen-bond acceptors (Lipinski definition) is 3. The van der Waals surface area contributed by atoms with E-state index < -0.39 is 0 Å². The van der Waals surface area contributed by atoms with Gasteiger partial charge >= 0.3 is 0 Å². The Hall–Kier alpha value is -1.32. The Labute approximate surface area is 75.9 Å². The van der Waals surface area contributed by atoms with Gasteiger partial charge < -0.3 is 4.74 Å². The van der Waals surface area contributed by atoms with E-state index >= 15 is 0 Å². The molecule has 1 aliphatic carbocycles. The SMILES string of the molecule is Cc1n[nH]c(=O)cc1OC1CCC1. The van der Waals surface area contributed by atoms with Crippen molar-refractivity contribution in [1.82, 2.24) is 10.2 Å². The van der Waals surface area contributed by atoms with Crippen LogP contribution < -0.4 is 10.3 Å². The van der Waals surface area contributed by atoms with Crippen LogP contribution in [0, 0.1) is 6.92 Å². The highest BCUT2D eigenvalue weighted by molar-refractivity contribution is 5.23. The van der Waals surface area contributed by atoms with Gasteiger partial charge in [-0.25, -0.2) is 5.10 Å². The third-order valence-electron chi connectivity index (χ3n) is 2.30. The van der Waals surface area contributed by atoms with Gasteiger partial charge in [0.15, 0.2) is 0 Å². The molecule has 0 unspecified atom stereocenters. The normalized spacial score (nSPS) is 16.7. The van der Waals surface area contributed by atoms with E-state index in [0.717, 1.165) is 18.5 Å². The Kier molecular flexibility index (Phi) is 2.04. The number of ether oxygens (including phenoxy) is 1. The predicted octanol–water partition coefficient (Wildman–Crippen LogP) is 1.01. The van der Waals surface area contributed by atoms with Crippen molar-refractivity contribution in [2.24, 2.45) is 0 Å². The number of H-pyrrole nitrogens is 1. The van der Waals surface area contributed by atoms with E-state index in [1.807, 2.05) is 6.92 Å². The zero-order valence-electron chi connectivity index (χ0n) is 7.54. The second-order valence-corrected chi connectivity index (χ2v) is 3.35. The van der Waals surface area contributed by atoms with Crippen molar-refractivity contribution >= 4 is 0 Å². The highest BCUT2D eigenvalue weighted by atomic mass is 16.5. The van der Waals surface area contributed by atoms with E-state index in [1.54, 1.807) is 0 Å². The molecule has 1 saturated carbocycles. The van der Waals surface area contributed by atoms with Crippen LogP contribution in [0.15, 0.2) is 10.9 Å². The summed E-state index contributed by atoms with van der Waals surface area (Å²) in [5, 5.41) is 6.19. The summed E-state index contributed by atoms with van der Waals surface area (Å²) in [4.78, 5) is 10.9. The smallest absolute Gasteiger partial charge is 0.267 e. The lowest BCUT2D eigenvalue weighted by atomic mass is 9.96. The minimum Gasteiger partial charge on any atom is -0.488 e. The summed E-state index contributed by atoms with van der Waals surface area (Å²) in [6, 6.07) is 1.46. The first kappa shape index (κ1) is 8.29. The van der Waals surface area contributed by atoms with Crippen LogP contribution in [0.2, 0.25) is 0 Å². The zero-order valence-corrected chi connectivity index (χ0v) is 7.54. The topological polar surface area (TPSA) is 55.0 Å². The van der Waals surface area contributed by atoms with Gasteiger partial charge in [-0.05, 0) is 26.2 Å². The van der Waals surface area contributed by atoms with E-state index in [9.17, 15) is 4.79 Å². The summed E-state index contributed by atoms with van der Waals surface area (Å²) in [7, 11) is 0. The maximum atomic E-state index is 10.9. The van der Waals surface area contributed by atoms with Gasteiger partial charge in [0.05, 0.1) is 11.8 Å². The average Bonchev–Trinajstić information content (AvgIpc) is 2.03. The first-order chi connectivity index (χ1) is 6.25. The van der Waals surface area contributed by atoms with Crippen LogP contribution in [0.1, 0.15) is 25.0 Å². The van der Waals surface area contributed by atoms with Gasteiger partial charge in [0.2, 0.25) is 0 Å². The summed E-state index contributed by atoms with van der Waals surface area (Å²) in [6.45, 7) is 1.82. The molecule has 0 atom stereocenters. The van der Waals surface area contributed by atoms with Gasteiger partial charge in [0.1, 0.15) is 5.75 Å². The molecular weight excluding hydrogens is 168 g/mol. The van der Waals surface area contributed by atoms with E-state index in [0.29, 0.717) is 11.9 Å². The molecule has 13 heavy (non-hydrogen) atoms. The summed E-state index contributed by atoms with van der Waals surface area (Å²) in [5.41, 5.74) is 0.534. The first-order valence-corrected chi connectivity index (χ1v) is 4.49. The number of hydrogen-bond donors (Lipinski definition) is 1. The summed E-state index contributed by atoms with van der Waals surface area (Å²) in [6.07, 6.45) is 3.70. The molecule has 1 aromatic heterocycles. The minimum absolute atomic E-state index is 0.208. The fourth-order valence-electron chi connectivity index (χ4n) is 1.24. The van der Waals surface area contributed by atoms with Crippen LogP contribution in [-0.4, -0.2) is 16.3 Å². The molecule has 1 heterocycles. The quantitative estimate of drug-likeness (QED) is 0.739. The van der Waals surface area contributed by atoms with Crippen LogP contribution in [0.4, 0.5) is 0 Å². The molecule has 0 aliphatic heterocycles. The molecule has 4 nitrogen and oxygen atoms in total.